The van der Waals surface area contributed by atoms with Crippen molar-refractivity contribution in [3.05, 3.63) is 48.6 Å². The first-order valence-corrected chi connectivity index (χ1v) is 6.56. The van der Waals surface area contributed by atoms with Crippen LogP contribution in [0.5, 0.6) is 0 Å². The van der Waals surface area contributed by atoms with Crippen LogP contribution in [0.15, 0.2) is 43.0 Å². The van der Waals surface area contributed by atoms with Crippen LogP contribution in [-0.2, 0) is 16.0 Å². The van der Waals surface area contributed by atoms with Crippen LogP contribution >= 0.6 is 0 Å². The molecule has 0 aliphatic carbocycles. The van der Waals surface area contributed by atoms with Crippen LogP contribution in [0.25, 0.3) is 0 Å². The molecule has 20 heavy (non-hydrogen) atoms. The molecular weight excluding hydrogens is 254 g/mol. The lowest BCUT2D eigenvalue weighted by Gasteiger charge is -2.21. The molecular formula is C15H21N3O2. The summed E-state index contributed by atoms with van der Waals surface area (Å²) in [7, 11) is 0. The van der Waals surface area contributed by atoms with Gasteiger partial charge in [0.15, 0.2) is 0 Å². The minimum Gasteiger partial charge on any atom is -0.346 e. The molecule has 0 saturated heterocycles. The Balaban J connectivity index is 2.48. The quantitative estimate of drug-likeness (QED) is 0.671. The maximum absolute atomic E-state index is 12.0. The predicted octanol–water partition coefficient (Wildman–Crippen LogP) is 0.319. The van der Waals surface area contributed by atoms with Gasteiger partial charge in [-0.15, -0.1) is 6.58 Å². The van der Waals surface area contributed by atoms with E-state index in [1.165, 1.54) is 5.56 Å². The Kier molecular flexibility index (Phi) is 7.06. The normalized spacial score (nSPS) is 9.85. The number of hydrogen-bond donors (Lipinski definition) is 2. The topological polar surface area (TPSA) is 75.4 Å². The molecule has 3 N–H and O–H groups in total. The number of hydrogen-bond acceptors (Lipinski definition) is 3. The van der Waals surface area contributed by atoms with Gasteiger partial charge in [0.2, 0.25) is 11.8 Å². The summed E-state index contributed by atoms with van der Waals surface area (Å²) in [6, 6.07) is 9.94. The third-order valence-corrected chi connectivity index (χ3v) is 2.84. The van der Waals surface area contributed by atoms with Crippen LogP contribution in [0, 0.1) is 0 Å². The molecule has 0 atom stereocenters. The van der Waals surface area contributed by atoms with Crippen LogP contribution in [0.2, 0.25) is 0 Å². The minimum atomic E-state index is -0.333. The van der Waals surface area contributed by atoms with Crippen LogP contribution < -0.4 is 11.1 Å². The van der Waals surface area contributed by atoms with Gasteiger partial charge in [0.1, 0.15) is 0 Å². The molecule has 0 unspecified atom stereocenters. The van der Waals surface area contributed by atoms with E-state index in [0.717, 1.165) is 6.42 Å². The Hall–Kier alpha value is -2.14. The van der Waals surface area contributed by atoms with Crippen LogP contribution in [0.3, 0.4) is 0 Å². The van der Waals surface area contributed by atoms with E-state index in [1.807, 2.05) is 30.3 Å². The van der Waals surface area contributed by atoms with Crippen LogP contribution in [0.1, 0.15) is 5.56 Å². The summed E-state index contributed by atoms with van der Waals surface area (Å²) in [6.07, 6.45) is 2.44. The Morgan fingerprint density at radius 1 is 1.30 bits per heavy atom. The van der Waals surface area contributed by atoms with Gasteiger partial charge in [-0.25, -0.2) is 0 Å². The predicted molar refractivity (Wildman–Crippen MR) is 79.0 cm³/mol. The van der Waals surface area contributed by atoms with Gasteiger partial charge in [0, 0.05) is 13.1 Å². The molecule has 0 saturated carbocycles. The van der Waals surface area contributed by atoms with Crippen LogP contribution in [-0.4, -0.2) is 42.9 Å². The monoisotopic (exact) mass is 275 g/mol. The summed E-state index contributed by atoms with van der Waals surface area (Å²) in [5.74, 6) is -0.470. The van der Waals surface area contributed by atoms with Gasteiger partial charge in [-0.2, -0.15) is 0 Å². The van der Waals surface area contributed by atoms with Gasteiger partial charge in [-0.05, 0) is 12.0 Å². The number of nitrogens with zero attached hydrogens (tertiary/aromatic N) is 1. The largest absolute Gasteiger partial charge is 0.346 e. The van der Waals surface area contributed by atoms with Crippen molar-refractivity contribution in [3.8, 4) is 0 Å². The van der Waals surface area contributed by atoms with Crippen molar-refractivity contribution in [3.63, 3.8) is 0 Å². The van der Waals surface area contributed by atoms with Crippen molar-refractivity contribution in [1.29, 1.82) is 0 Å². The van der Waals surface area contributed by atoms with Gasteiger partial charge in [0.05, 0.1) is 13.1 Å². The zero-order valence-corrected chi connectivity index (χ0v) is 11.5. The minimum absolute atomic E-state index is 0.0291. The third kappa shape index (κ3) is 5.67. The highest BCUT2D eigenvalue weighted by atomic mass is 16.2. The van der Waals surface area contributed by atoms with E-state index in [1.54, 1.807) is 11.0 Å². The SMILES string of the molecule is C=CCN(CCc1ccccc1)C(=O)CNC(=O)CN. The zero-order chi connectivity index (χ0) is 14.8. The van der Waals surface area contributed by atoms with E-state index >= 15 is 0 Å². The van der Waals surface area contributed by atoms with Crippen molar-refractivity contribution >= 4 is 11.8 Å². The van der Waals surface area contributed by atoms with Crippen molar-refractivity contribution in [1.82, 2.24) is 10.2 Å². The Morgan fingerprint density at radius 3 is 2.60 bits per heavy atom. The second-order valence-electron chi connectivity index (χ2n) is 4.34. The molecule has 1 aromatic rings. The van der Waals surface area contributed by atoms with E-state index in [4.69, 9.17) is 5.73 Å². The van der Waals surface area contributed by atoms with Crippen LogP contribution in [0.4, 0.5) is 0 Å². The van der Waals surface area contributed by atoms with E-state index in [0.29, 0.717) is 13.1 Å². The highest BCUT2D eigenvalue weighted by molar-refractivity contribution is 5.85. The smallest absolute Gasteiger partial charge is 0.242 e. The maximum Gasteiger partial charge on any atom is 0.242 e. The fourth-order valence-corrected chi connectivity index (χ4v) is 1.74. The standard InChI is InChI=1S/C15H21N3O2/c1-2-9-18(15(20)12-17-14(19)11-16)10-8-13-6-4-3-5-7-13/h2-7H,1,8-12,16H2,(H,17,19). The summed E-state index contributed by atoms with van der Waals surface area (Å²) in [5.41, 5.74) is 6.34. The average Bonchev–Trinajstić information content (AvgIpc) is 2.49. The molecule has 2 amide bonds. The fourth-order valence-electron chi connectivity index (χ4n) is 1.74. The molecule has 108 valence electrons. The summed E-state index contributed by atoms with van der Waals surface area (Å²) >= 11 is 0. The molecule has 5 heteroatoms. The molecule has 0 aliphatic rings. The second-order valence-corrected chi connectivity index (χ2v) is 4.34. The molecule has 0 fully saturated rings. The number of nitrogens with one attached hydrogen (secondary N) is 1. The van der Waals surface area contributed by atoms with E-state index in [2.05, 4.69) is 11.9 Å². The van der Waals surface area contributed by atoms with Crippen molar-refractivity contribution in [2.45, 2.75) is 6.42 Å². The summed E-state index contributed by atoms with van der Waals surface area (Å²) < 4.78 is 0. The highest BCUT2D eigenvalue weighted by Crippen LogP contribution is 2.02. The molecule has 5 nitrogen and oxygen atoms in total. The van der Waals surface area contributed by atoms with Gasteiger partial charge >= 0.3 is 0 Å². The number of nitrogens with two attached hydrogens (primary N) is 1. The highest BCUT2D eigenvalue weighted by Gasteiger charge is 2.12. The van der Waals surface area contributed by atoms with Gasteiger partial charge in [0.25, 0.3) is 0 Å². The van der Waals surface area contributed by atoms with E-state index < -0.39 is 0 Å². The maximum atomic E-state index is 12.0. The number of carbonyl (C=O) groups excluding carboxylic acids is 2. The summed E-state index contributed by atoms with van der Waals surface area (Å²) in [4.78, 5) is 24.7. The lowest BCUT2D eigenvalue weighted by atomic mass is 10.1. The van der Waals surface area contributed by atoms with Crippen molar-refractivity contribution in [2.24, 2.45) is 5.73 Å². The Morgan fingerprint density at radius 2 is 2.00 bits per heavy atom. The molecule has 0 bridgehead atoms. The second kappa shape index (κ2) is 8.87. The third-order valence-electron chi connectivity index (χ3n) is 2.84. The Labute approximate surface area is 119 Å². The lowest BCUT2D eigenvalue weighted by molar-refractivity contribution is -0.132. The number of amides is 2. The van der Waals surface area contributed by atoms with Gasteiger partial charge in [-0.1, -0.05) is 36.4 Å². The first-order chi connectivity index (χ1) is 9.67. The zero-order valence-electron chi connectivity index (χ0n) is 11.5. The molecule has 0 heterocycles. The first kappa shape index (κ1) is 15.9. The number of benzene rings is 1. The summed E-state index contributed by atoms with van der Waals surface area (Å²) in [6.45, 7) is 4.56. The number of rotatable bonds is 8. The van der Waals surface area contributed by atoms with Gasteiger partial charge < -0.3 is 16.0 Å². The molecule has 0 radical (unpaired) electrons. The Bertz CT molecular complexity index is 446. The molecule has 1 aromatic carbocycles. The van der Waals surface area contributed by atoms with Crippen molar-refractivity contribution < 1.29 is 9.59 Å². The molecule has 0 aliphatic heterocycles. The number of carbonyl (C=O) groups is 2. The van der Waals surface area contributed by atoms with Gasteiger partial charge in [-0.3, -0.25) is 9.59 Å². The summed E-state index contributed by atoms with van der Waals surface area (Å²) in [5, 5.41) is 2.48. The molecule has 0 aromatic heterocycles. The molecule has 0 spiro atoms. The van der Waals surface area contributed by atoms with Crippen molar-refractivity contribution in [2.75, 3.05) is 26.2 Å². The first-order valence-electron chi connectivity index (χ1n) is 6.56. The van der Waals surface area contributed by atoms with E-state index in [9.17, 15) is 9.59 Å². The lowest BCUT2D eigenvalue weighted by Crippen LogP contribution is -2.42. The molecule has 1 rings (SSSR count). The average molecular weight is 275 g/mol. The van der Waals surface area contributed by atoms with E-state index in [-0.39, 0.29) is 24.9 Å². The fraction of sp³-hybridized carbons (Fsp3) is 0.333.